The summed E-state index contributed by atoms with van der Waals surface area (Å²) in [5.74, 6) is 0.649. The van der Waals surface area contributed by atoms with Crippen molar-refractivity contribution < 1.29 is 4.42 Å². The van der Waals surface area contributed by atoms with Gasteiger partial charge in [-0.3, -0.25) is 4.57 Å². The third kappa shape index (κ3) is 3.81. The maximum atomic E-state index is 6.39. The number of para-hydroxylation sites is 5. The normalized spacial score (nSPS) is 12.4. The highest BCUT2D eigenvalue weighted by atomic mass is 16.3. The number of aromatic nitrogens is 4. The molecule has 0 unspecified atom stereocenters. The lowest BCUT2D eigenvalue weighted by Crippen LogP contribution is -2.03. The number of furan rings is 1. The van der Waals surface area contributed by atoms with E-state index in [9.17, 15) is 0 Å². The van der Waals surface area contributed by atoms with E-state index >= 15 is 0 Å². The third-order valence-corrected chi connectivity index (χ3v) is 11.7. The molecule has 0 amide bonds. The second-order valence-electron chi connectivity index (χ2n) is 14.5. The Hall–Kier alpha value is -7.50. The van der Waals surface area contributed by atoms with E-state index in [-0.39, 0.29) is 0 Å². The second kappa shape index (κ2) is 10.6. The van der Waals surface area contributed by atoms with Crippen molar-refractivity contribution >= 4 is 92.7 Å². The molecule has 5 nitrogen and oxygen atoms in total. The van der Waals surface area contributed by atoms with E-state index in [0.717, 1.165) is 66.3 Å². The van der Waals surface area contributed by atoms with Crippen molar-refractivity contribution in [2.75, 3.05) is 0 Å². The van der Waals surface area contributed by atoms with Crippen LogP contribution < -0.4 is 0 Å². The van der Waals surface area contributed by atoms with Crippen molar-refractivity contribution in [3.63, 3.8) is 0 Å². The molecule has 13 aromatic rings. The van der Waals surface area contributed by atoms with Gasteiger partial charge in [0.05, 0.1) is 38.8 Å². The summed E-state index contributed by atoms with van der Waals surface area (Å²) in [6.45, 7) is 0. The summed E-state index contributed by atoms with van der Waals surface area (Å²) in [4.78, 5) is 10.7. The van der Waals surface area contributed by atoms with Gasteiger partial charge in [-0.1, -0.05) is 133 Å². The van der Waals surface area contributed by atoms with Gasteiger partial charge in [0.15, 0.2) is 0 Å². The van der Waals surface area contributed by atoms with Gasteiger partial charge in [-0.25, -0.2) is 9.97 Å². The van der Waals surface area contributed by atoms with Crippen LogP contribution in [-0.2, 0) is 0 Å². The van der Waals surface area contributed by atoms with E-state index in [1.54, 1.807) is 0 Å². The molecule has 5 aromatic heterocycles. The zero-order chi connectivity index (χ0) is 35.8. The van der Waals surface area contributed by atoms with Crippen molar-refractivity contribution in [1.82, 2.24) is 18.9 Å². The number of benzene rings is 8. The first-order valence-corrected chi connectivity index (χ1v) is 18.7. The Labute approximate surface area is 313 Å². The van der Waals surface area contributed by atoms with E-state index in [4.69, 9.17) is 14.4 Å². The topological polar surface area (TPSA) is 48.3 Å². The predicted molar refractivity (Wildman–Crippen MR) is 227 cm³/mol. The summed E-state index contributed by atoms with van der Waals surface area (Å²) in [5, 5.41) is 10.7. The Kier molecular flexibility index (Phi) is 5.57. The molecule has 0 aliphatic carbocycles. The smallest absolute Gasteiger partial charge is 0.235 e. The molecule has 0 N–H and O–H groups in total. The van der Waals surface area contributed by atoms with Gasteiger partial charge in [0.1, 0.15) is 11.2 Å². The van der Waals surface area contributed by atoms with Gasteiger partial charge in [0.25, 0.3) is 0 Å². The molecule has 13 rings (SSSR count). The van der Waals surface area contributed by atoms with Gasteiger partial charge < -0.3 is 8.82 Å². The summed E-state index contributed by atoms with van der Waals surface area (Å²) in [5.41, 5.74) is 12.6. The lowest BCUT2D eigenvalue weighted by molar-refractivity contribution is 0.670. The fraction of sp³-hybridized carbons (Fsp3) is 0. The minimum absolute atomic E-state index is 0.649. The molecule has 0 saturated carbocycles. The van der Waals surface area contributed by atoms with Gasteiger partial charge >= 0.3 is 0 Å². The first-order chi connectivity index (χ1) is 27.3. The molecule has 8 aromatic carbocycles. The average molecular weight is 701 g/mol. The van der Waals surface area contributed by atoms with Crippen LogP contribution in [0, 0.1) is 0 Å². The van der Waals surface area contributed by atoms with E-state index in [0.29, 0.717) is 5.95 Å². The lowest BCUT2D eigenvalue weighted by Gasteiger charge is -2.12. The Morgan fingerprint density at radius 2 is 1.00 bits per heavy atom. The van der Waals surface area contributed by atoms with Crippen LogP contribution in [0.5, 0.6) is 0 Å². The van der Waals surface area contributed by atoms with Gasteiger partial charge in [-0.15, -0.1) is 0 Å². The highest BCUT2D eigenvalue weighted by Crippen LogP contribution is 2.44. The van der Waals surface area contributed by atoms with Crippen LogP contribution in [0.4, 0.5) is 0 Å². The largest absolute Gasteiger partial charge is 0.455 e. The first kappa shape index (κ1) is 29.0. The maximum Gasteiger partial charge on any atom is 0.235 e. The quantitative estimate of drug-likeness (QED) is 0.184. The standard InChI is InChI=1S/C50H28N4O/c1-4-19-39-38(13-1)47(30-27-25-29(26-28-30)31-14-7-18-37-33-12-3-6-24-44(33)55-49(31)37)52-50(51-39)54-41-21-9-15-34-36-17-8-16-35-32-11-2-5-20-40(32)53(48(35)36)42-22-10-23-43(54)46(42)45(34)41/h1-28H. The van der Waals surface area contributed by atoms with Crippen LogP contribution in [0.3, 0.4) is 0 Å². The number of fused-ring (bicyclic) bond motifs is 9. The maximum absolute atomic E-state index is 6.39. The molecular weight excluding hydrogens is 673 g/mol. The van der Waals surface area contributed by atoms with E-state index in [1.165, 1.54) is 48.9 Å². The van der Waals surface area contributed by atoms with Crippen LogP contribution in [0.1, 0.15) is 0 Å². The van der Waals surface area contributed by atoms with Gasteiger partial charge in [-0.05, 0) is 47.3 Å². The van der Waals surface area contributed by atoms with E-state index in [2.05, 4.69) is 167 Å². The number of nitrogens with zero attached hydrogens (tertiary/aromatic N) is 4. The summed E-state index contributed by atoms with van der Waals surface area (Å²) >= 11 is 0. The molecule has 0 atom stereocenters. The molecule has 0 radical (unpaired) electrons. The molecule has 0 aliphatic rings. The third-order valence-electron chi connectivity index (χ3n) is 11.7. The molecule has 5 heterocycles. The Bertz CT molecular complexity index is 3720. The van der Waals surface area contributed by atoms with Crippen LogP contribution >= 0.6 is 0 Å². The van der Waals surface area contributed by atoms with Crippen LogP contribution in [0.2, 0.25) is 0 Å². The van der Waals surface area contributed by atoms with Crippen LogP contribution in [-0.4, -0.2) is 18.9 Å². The zero-order valence-electron chi connectivity index (χ0n) is 29.4. The molecule has 5 heteroatoms. The lowest BCUT2D eigenvalue weighted by atomic mass is 9.99. The molecular formula is C50H28N4O. The molecule has 55 heavy (non-hydrogen) atoms. The molecule has 0 spiro atoms. The van der Waals surface area contributed by atoms with Crippen molar-refractivity contribution in [2.45, 2.75) is 0 Å². The van der Waals surface area contributed by atoms with Crippen molar-refractivity contribution in [3.8, 4) is 28.3 Å². The van der Waals surface area contributed by atoms with Crippen LogP contribution in [0.15, 0.2) is 174 Å². The van der Waals surface area contributed by atoms with Crippen molar-refractivity contribution in [3.05, 3.63) is 170 Å². The number of hydrogen-bond donors (Lipinski definition) is 0. The first-order valence-electron chi connectivity index (χ1n) is 18.7. The number of rotatable bonds is 3. The highest BCUT2D eigenvalue weighted by Gasteiger charge is 2.23. The summed E-state index contributed by atoms with van der Waals surface area (Å²) in [6.07, 6.45) is 0. The summed E-state index contributed by atoms with van der Waals surface area (Å²) in [6, 6.07) is 60.4. The minimum atomic E-state index is 0.649. The monoisotopic (exact) mass is 700 g/mol. The van der Waals surface area contributed by atoms with E-state index < -0.39 is 0 Å². The second-order valence-corrected chi connectivity index (χ2v) is 14.5. The van der Waals surface area contributed by atoms with Crippen LogP contribution in [0.25, 0.3) is 121 Å². The van der Waals surface area contributed by atoms with Crippen molar-refractivity contribution in [1.29, 1.82) is 0 Å². The van der Waals surface area contributed by atoms with Gasteiger partial charge in [0, 0.05) is 54.2 Å². The minimum Gasteiger partial charge on any atom is -0.455 e. The predicted octanol–water partition coefficient (Wildman–Crippen LogP) is 13.1. The Balaban J connectivity index is 1.07. The molecule has 254 valence electrons. The SMILES string of the molecule is c1ccc2c(-c3ccc(-c4cccc5c4oc4ccccc45)cc3)nc(-n3c4cccc5c6cccc7c8ccccc8n(c8cccc3c8c54)c67)nc2c1. The number of hydrogen-bond acceptors (Lipinski definition) is 3. The van der Waals surface area contributed by atoms with E-state index in [1.807, 2.05) is 12.1 Å². The van der Waals surface area contributed by atoms with Gasteiger partial charge in [0.2, 0.25) is 5.95 Å². The molecule has 0 saturated heterocycles. The Morgan fingerprint density at radius 3 is 1.89 bits per heavy atom. The molecule has 0 bridgehead atoms. The highest BCUT2D eigenvalue weighted by molar-refractivity contribution is 6.31. The Morgan fingerprint density at radius 1 is 0.400 bits per heavy atom. The average Bonchev–Trinajstić information content (AvgIpc) is 3.88. The summed E-state index contributed by atoms with van der Waals surface area (Å²) < 4.78 is 11.1. The fourth-order valence-corrected chi connectivity index (χ4v) is 9.37. The summed E-state index contributed by atoms with van der Waals surface area (Å²) in [7, 11) is 0. The van der Waals surface area contributed by atoms with Crippen molar-refractivity contribution in [2.24, 2.45) is 0 Å². The van der Waals surface area contributed by atoms with Gasteiger partial charge in [-0.2, -0.15) is 0 Å². The zero-order valence-corrected chi connectivity index (χ0v) is 29.4. The molecule has 0 fully saturated rings. The fourth-order valence-electron chi connectivity index (χ4n) is 9.37. The molecule has 0 aliphatic heterocycles.